The van der Waals surface area contributed by atoms with Crippen molar-refractivity contribution in [2.75, 3.05) is 36.4 Å². The van der Waals surface area contributed by atoms with Crippen molar-refractivity contribution in [3.8, 4) is 6.07 Å². The summed E-state index contributed by atoms with van der Waals surface area (Å²) in [4.78, 5) is 28.8. The average Bonchev–Trinajstić information content (AvgIpc) is 3.27. The lowest BCUT2D eigenvalue weighted by atomic mass is 9.74. The van der Waals surface area contributed by atoms with Gasteiger partial charge in [0.15, 0.2) is 0 Å². The van der Waals surface area contributed by atoms with Crippen molar-refractivity contribution in [3.05, 3.63) is 46.5 Å². The average molecular weight is 429 g/mol. The maximum absolute atomic E-state index is 12.9. The number of nitrogens with one attached hydrogen (secondary N) is 2. The van der Waals surface area contributed by atoms with Gasteiger partial charge in [0.25, 0.3) is 5.56 Å². The number of aromatic nitrogens is 4. The lowest BCUT2D eigenvalue weighted by molar-refractivity contribution is 0.121. The molecule has 32 heavy (non-hydrogen) atoms. The lowest BCUT2D eigenvalue weighted by Gasteiger charge is -2.57. The minimum atomic E-state index is -0.270. The molecular weight excluding hydrogens is 404 g/mol. The highest BCUT2D eigenvalue weighted by molar-refractivity contribution is 5.77. The Hall–Kier alpha value is -3.51. The summed E-state index contributed by atoms with van der Waals surface area (Å²) in [5.41, 5.74) is 2.02. The van der Waals surface area contributed by atoms with E-state index in [1.165, 1.54) is 0 Å². The summed E-state index contributed by atoms with van der Waals surface area (Å²) in [6.45, 7) is 4.37. The Labute approximate surface area is 185 Å². The first-order valence-electron chi connectivity index (χ1n) is 11.2. The Morgan fingerprint density at radius 3 is 2.62 bits per heavy atom. The first-order chi connectivity index (χ1) is 15.6. The number of hydrogen-bond donors (Lipinski definition) is 2. The molecule has 0 unspecified atom stereocenters. The molecule has 0 atom stereocenters. The number of nitriles is 1. The molecule has 2 N–H and O–H groups in total. The molecule has 1 saturated carbocycles. The van der Waals surface area contributed by atoms with Crippen molar-refractivity contribution < 1.29 is 0 Å². The fraction of sp³-hybridized carbons (Fsp3) is 0.435. The third-order valence-electron chi connectivity index (χ3n) is 6.99. The van der Waals surface area contributed by atoms with Crippen LogP contribution in [0.5, 0.6) is 0 Å². The second-order valence-electron chi connectivity index (χ2n) is 9.24. The van der Waals surface area contributed by atoms with Crippen LogP contribution in [0.4, 0.5) is 17.5 Å². The summed E-state index contributed by atoms with van der Waals surface area (Å²) in [7, 11) is 0. The Morgan fingerprint density at radius 2 is 1.97 bits per heavy atom. The molecule has 3 aromatic rings. The molecule has 2 aliphatic heterocycles. The SMILES string of the molecule is N#Cc1cc2cnc(Nc3ccc(N4CC5(CNC5)C4)cn3)nc2n(C2CCCC2)c1=O. The van der Waals surface area contributed by atoms with E-state index in [2.05, 4.69) is 36.6 Å². The zero-order valence-electron chi connectivity index (χ0n) is 17.7. The zero-order chi connectivity index (χ0) is 21.7. The molecule has 3 fully saturated rings. The van der Waals surface area contributed by atoms with Crippen LogP contribution in [0, 0.1) is 16.7 Å². The van der Waals surface area contributed by atoms with Gasteiger partial charge in [0.05, 0.1) is 11.9 Å². The minimum absolute atomic E-state index is 0.0733. The molecule has 3 aromatic heterocycles. The van der Waals surface area contributed by atoms with Gasteiger partial charge in [0.2, 0.25) is 5.95 Å². The van der Waals surface area contributed by atoms with E-state index in [-0.39, 0.29) is 17.2 Å². The first-order valence-corrected chi connectivity index (χ1v) is 11.2. The lowest BCUT2D eigenvalue weighted by Crippen LogP contribution is -2.71. The van der Waals surface area contributed by atoms with Crippen LogP contribution in [0.1, 0.15) is 37.3 Å². The van der Waals surface area contributed by atoms with Gasteiger partial charge in [-0.25, -0.2) is 9.97 Å². The van der Waals surface area contributed by atoms with Crippen molar-refractivity contribution in [1.29, 1.82) is 5.26 Å². The van der Waals surface area contributed by atoms with Crippen LogP contribution in [-0.4, -0.2) is 45.7 Å². The standard InChI is InChI=1S/C23H24N8O/c24-8-15-7-16-9-27-22(29-20(16)31(21(15)32)17-3-1-2-4-17)28-19-6-5-18(10-26-19)30-13-23(14-30)11-25-12-23/h5-7,9-10,17,25H,1-4,11-14H2,(H,26,27,28,29). The van der Waals surface area contributed by atoms with Crippen LogP contribution in [-0.2, 0) is 0 Å². The van der Waals surface area contributed by atoms with Crippen molar-refractivity contribution in [1.82, 2.24) is 24.8 Å². The van der Waals surface area contributed by atoms with Gasteiger partial charge < -0.3 is 15.5 Å². The Kier molecular flexibility index (Phi) is 4.36. The molecule has 6 rings (SSSR count). The van der Waals surface area contributed by atoms with Gasteiger partial charge in [-0.3, -0.25) is 9.36 Å². The van der Waals surface area contributed by atoms with Crippen molar-refractivity contribution in [2.24, 2.45) is 5.41 Å². The fourth-order valence-corrected chi connectivity index (χ4v) is 5.17. The molecule has 162 valence electrons. The van der Waals surface area contributed by atoms with Crippen LogP contribution >= 0.6 is 0 Å². The largest absolute Gasteiger partial charge is 0.369 e. The smallest absolute Gasteiger partial charge is 0.270 e. The van der Waals surface area contributed by atoms with Crippen molar-refractivity contribution in [2.45, 2.75) is 31.7 Å². The van der Waals surface area contributed by atoms with Gasteiger partial charge in [-0.05, 0) is 31.0 Å². The molecule has 0 radical (unpaired) electrons. The molecule has 0 aromatic carbocycles. The van der Waals surface area contributed by atoms with Gasteiger partial charge in [-0.15, -0.1) is 0 Å². The van der Waals surface area contributed by atoms with E-state index in [4.69, 9.17) is 0 Å². The molecule has 9 heteroatoms. The van der Waals surface area contributed by atoms with Crippen LogP contribution < -0.4 is 21.1 Å². The second kappa shape index (κ2) is 7.28. The third-order valence-corrected chi connectivity index (χ3v) is 6.99. The van der Waals surface area contributed by atoms with E-state index in [1.54, 1.807) is 16.8 Å². The highest BCUT2D eigenvalue weighted by Crippen LogP contribution is 2.37. The van der Waals surface area contributed by atoms with Crippen molar-refractivity contribution in [3.63, 3.8) is 0 Å². The van der Waals surface area contributed by atoms with Gasteiger partial charge >= 0.3 is 0 Å². The van der Waals surface area contributed by atoms with Crippen molar-refractivity contribution >= 4 is 28.5 Å². The highest BCUT2D eigenvalue weighted by atomic mass is 16.1. The summed E-state index contributed by atoms with van der Waals surface area (Å²) < 4.78 is 1.69. The normalized spacial score (nSPS) is 19.5. The van der Waals surface area contributed by atoms with Crippen LogP contribution in [0.2, 0.25) is 0 Å². The predicted octanol–water partition coefficient (Wildman–Crippen LogP) is 2.33. The minimum Gasteiger partial charge on any atom is -0.369 e. The molecular formula is C23H24N8O. The highest BCUT2D eigenvalue weighted by Gasteiger charge is 2.47. The molecule has 1 spiro atoms. The molecule has 1 aliphatic carbocycles. The third kappa shape index (κ3) is 3.10. The van der Waals surface area contributed by atoms with E-state index < -0.39 is 0 Å². The number of fused-ring (bicyclic) bond motifs is 1. The molecule has 9 nitrogen and oxygen atoms in total. The summed E-state index contributed by atoms with van der Waals surface area (Å²) >= 11 is 0. The quantitative estimate of drug-likeness (QED) is 0.651. The van der Waals surface area contributed by atoms with Gasteiger partial charge in [-0.1, -0.05) is 12.8 Å². The molecule has 3 aliphatic rings. The Balaban J connectivity index is 1.27. The van der Waals surface area contributed by atoms with Crippen LogP contribution in [0.25, 0.3) is 11.0 Å². The number of pyridine rings is 2. The Morgan fingerprint density at radius 1 is 1.16 bits per heavy atom. The molecule has 0 amide bonds. The van der Waals surface area contributed by atoms with E-state index in [0.29, 0.717) is 28.2 Å². The van der Waals surface area contributed by atoms with Gasteiger partial charge in [0, 0.05) is 49.2 Å². The molecule has 2 saturated heterocycles. The number of rotatable bonds is 4. The van der Waals surface area contributed by atoms with Gasteiger partial charge in [-0.2, -0.15) is 10.2 Å². The summed E-state index contributed by atoms with van der Waals surface area (Å²) in [6.07, 6.45) is 7.54. The number of anilines is 3. The maximum Gasteiger partial charge on any atom is 0.270 e. The van der Waals surface area contributed by atoms with Crippen LogP contribution in [0.3, 0.4) is 0 Å². The van der Waals surface area contributed by atoms with E-state index >= 15 is 0 Å². The summed E-state index contributed by atoms with van der Waals surface area (Å²) in [5, 5.41) is 16.6. The van der Waals surface area contributed by atoms with E-state index in [0.717, 1.165) is 57.5 Å². The second-order valence-corrected chi connectivity index (χ2v) is 9.24. The molecule has 0 bridgehead atoms. The Bertz CT molecular complexity index is 1270. The monoisotopic (exact) mass is 428 g/mol. The number of hydrogen-bond acceptors (Lipinski definition) is 8. The number of nitrogens with zero attached hydrogens (tertiary/aromatic N) is 6. The topological polar surface area (TPSA) is 112 Å². The van der Waals surface area contributed by atoms with E-state index in [1.807, 2.05) is 18.3 Å². The fourth-order valence-electron chi connectivity index (χ4n) is 5.17. The van der Waals surface area contributed by atoms with Crippen LogP contribution in [0.15, 0.2) is 35.4 Å². The predicted molar refractivity (Wildman–Crippen MR) is 121 cm³/mol. The summed E-state index contributed by atoms with van der Waals surface area (Å²) in [6, 6.07) is 7.66. The summed E-state index contributed by atoms with van der Waals surface area (Å²) in [5.74, 6) is 1.04. The van der Waals surface area contributed by atoms with Gasteiger partial charge in [0.1, 0.15) is 23.1 Å². The van der Waals surface area contributed by atoms with E-state index in [9.17, 15) is 10.1 Å². The molecule has 5 heterocycles. The maximum atomic E-state index is 12.9. The zero-order valence-corrected chi connectivity index (χ0v) is 17.7. The first kappa shape index (κ1) is 19.2.